The van der Waals surface area contributed by atoms with Crippen LogP contribution in [0.1, 0.15) is 176 Å². The third-order valence-corrected chi connectivity index (χ3v) is 5.82. The average molecular weight is 605 g/mol. The predicted octanol–water partition coefficient (Wildman–Crippen LogP) is 7.58. The third kappa shape index (κ3) is 55.5. The summed E-state index contributed by atoms with van der Waals surface area (Å²) in [6.07, 6.45) is 27.5. The Balaban J connectivity index is -0.000000134. The van der Waals surface area contributed by atoms with Gasteiger partial charge in [0.25, 0.3) is 0 Å². The summed E-state index contributed by atoms with van der Waals surface area (Å²) in [5, 5.41) is 20.1. The van der Waals surface area contributed by atoms with Gasteiger partial charge in [0, 0.05) is 13.4 Å². The molecule has 0 aromatic heterocycles. The van der Waals surface area contributed by atoms with Crippen LogP contribution in [0.15, 0.2) is 0 Å². The zero-order valence-electron chi connectivity index (χ0n) is 23.8. The van der Waals surface area contributed by atoms with Crippen LogP contribution in [0, 0.1) is 6.92 Å². The van der Waals surface area contributed by atoms with E-state index in [1.807, 2.05) is 0 Å². The summed E-state index contributed by atoms with van der Waals surface area (Å²) in [5.74, 6) is -1.82. The topological polar surface area (TPSA) is 80.3 Å². The van der Waals surface area contributed by atoms with E-state index in [1.54, 1.807) is 0 Å². The summed E-state index contributed by atoms with van der Waals surface area (Å²) in [5.41, 5.74) is 0. The number of unbranched alkanes of at least 4 members (excludes halogenated alkanes) is 19. The fraction of sp³-hybridized carbons (Fsp3) is 0.900. The molecule has 0 heterocycles. The van der Waals surface area contributed by atoms with E-state index in [1.165, 1.54) is 109 Å². The van der Waals surface area contributed by atoms with Crippen molar-refractivity contribution in [1.82, 2.24) is 0 Å². The van der Waals surface area contributed by atoms with Gasteiger partial charge in [-0.3, -0.25) is 0 Å². The van der Waals surface area contributed by atoms with Crippen LogP contribution in [0.4, 0.5) is 0 Å². The minimum absolute atomic E-state index is 0. The maximum Gasteiger partial charge on any atom is 2.00 e. The van der Waals surface area contributed by atoms with E-state index in [9.17, 15) is 19.8 Å². The molecule has 3 radical (unpaired) electrons. The molecule has 0 aliphatic heterocycles. The summed E-state index contributed by atoms with van der Waals surface area (Å²) in [6, 6.07) is 0. The number of carbonyl (C=O) groups is 2. The Hall–Kier alpha value is -0.261. The van der Waals surface area contributed by atoms with Gasteiger partial charge in [0.1, 0.15) is 0 Å². The molecule has 209 valence electrons. The summed E-state index contributed by atoms with van der Waals surface area (Å²) < 4.78 is 0. The summed E-state index contributed by atoms with van der Waals surface area (Å²) >= 11 is 0. The molecular weight excluding hydrogens is 543 g/mol. The molecule has 0 fully saturated rings. The Kier molecular flexibility index (Phi) is 48.9. The van der Waals surface area contributed by atoms with Crippen LogP contribution in [0.5, 0.6) is 0 Å². The van der Waals surface area contributed by atoms with Crippen LogP contribution in [0.2, 0.25) is 0 Å². The maximum atomic E-state index is 10.1. The first-order valence-electron chi connectivity index (χ1n) is 14.6. The Morgan fingerprint density at radius 3 is 0.943 bits per heavy atom. The molecule has 0 spiro atoms. The molecule has 0 aliphatic rings. The van der Waals surface area contributed by atoms with Gasteiger partial charge >= 0.3 is 23.9 Å². The van der Waals surface area contributed by atoms with Gasteiger partial charge in [-0.1, -0.05) is 156 Å². The summed E-state index contributed by atoms with van der Waals surface area (Å²) in [4.78, 5) is 20.1. The smallest absolute Gasteiger partial charge is 0.550 e. The van der Waals surface area contributed by atoms with Crippen LogP contribution in [0.3, 0.4) is 0 Å². The maximum absolute atomic E-state index is 10.1. The normalized spacial score (nSPS) is 9.83. The second-order valence-electron chi connectivity index (χ2n) is 9.46. The van der Waals surface area contributed by atoms with Gasteiger partial charge in [-0.25, -0.2) is 0 Å². The van der Waals surface area contributed by atoms with Crippen molar-refractivity contribution in [3.8, 4) is 0 Å². The molecular formula is C30H61O4Sn. The standard InChI is InChI=1S/2C11H22O2.C8H17.Sn.H2/c2*1-2-3-4-5-6-7-8-9-10-11(12)13;1-3-5-7-8-6-4-2;;/h2*2-10H2,1H3,(H,12,13);1,3-8H2,2H3;;1H/q;;;+2;/p-2. The van der Waals surface area contributed by atoms with Crippen LogP contribution in [0.25, 0.3) is 0 Å². The Morgan fingerprint density at radius 1 is 0.486 bits per heavy atom. The van der Waals surface area contributed by atoms with E-state index in [-0.39, 0.29) is 38.2 Å². The van der Waals surface area contributed by atoms with Crippen molar-refractivity contribution >= 4 is 35.8 Å². The molecule has 0 atom stereocenters. The first kappa shape index (κ1) is 41.9. The molecule has 4 nitrogen and oxygen atoms in total. The predicted molar refractivity (Wildman–Crippen MR) is 151 cm³/mol. The Labute approximate surface area is 238 Å². The van der Waals surface area contributed by atoms with E-state index < -0.39 is 11.9 Å². The van der Waals surface area contributed by atoms with Gasteiger partial charge in [0.15, 0.2) is 0 Å². The molecule has 0 amide bonds. The molecule has 0 aliphatic carbocycles. The van der Waals surface area contributed by atoms with Crippen molar-refractivity contribution in [2.75, 3.05) is 0 Å². The van der Waals surface area contributed by atoms with Gasteiger partial charge in [0.2, 0.25) is 0 Å². The van der Waals surface area contributed by atoms with Crippen LogP contribution in [-0.2, 0) is 9.59 Å². The largest absolute Gasteiger partial charge is 2.00 e. The van der Waals surface area contributed by atoms with Crippen molar-refractivity contribution in [3.05, 3.63) is 6.92 Å². The van der Waals surface area contributed by atoms with E-state index in [4.69, 9.17) is 0 Å². The van der Waals surface area contributed by atoms with Crippen LogP contribution in [-0.4, -0.2) is 35.8 Å². The molecule has 0 aromatic rings. The van der Waals surface area contributed by atoms with E-state index in [0.29, 0.717) is 0 Å². The van der Waals surface area contributed by atoms with Crippen molar-refractivity contribution in [1.29, 1.82) is 0 Å². The number of carboxylic acid groups (broad SMARTS) is 2. The van der Waals surface area contributed by atoms with Crippen LogP contribution >= 0.6 is 0 Å². The Bertz CT molecular complexity index is 359. The number of aliphatic carboxylic acids is 2. The fourth-order valence-electron chi connectivity index (χ4n) is 3.59. The molecule has 0 bridgehead atoms. The number of carbonyl (C=O) groups excluding carboxylic acids is 2. The van der Waals surface area contributed by atoms with Crippen molar-refractivity contribution in [2.24, 2.45) is 0 Å². The Morgan fingerprint density at radius 2 is 0.714 bits per heavy atom. The molecule has 35 heavy (non-hydrogen) atoms. The first-order chi connectivity index (χ1) is 16.5. The summed E-state index contributed by atoms with van der Waals surface area (Å²) in [6.45, 7) is 10.4. The van der Waals surface area contributed by atoms with Gasteiger partial charge in [0.05, 0.1) is 0 Å². The van der Waals surface area contributed by atoms with Crippen molar-refractivity contribution in [3.63, 3.8) is 0 Å². The SMILES string of the molecule is CCCCCCCCCCC(=O)[O-].CCCCCCCCCCC(=O)[O-].[CH2]CCCCCCC.[HH].[Sn+2]. The summed E-state index contributed by atoms with van der Waals surface area (Å²) in [7, 11) is 0. The van der Waals surface area contributed by atoms with Crippen molar-refractivity contribution < 1.29 is 21.2 Å². The zero-order chi connectivity index (χ0) is 26.1. The zero-order valence-corrected chi connectivity index (χ0v) is 26.7. The molecule has 5 heteroatoms. The van der Waals surface area contributed by atoms with Crippen molar-refractivity contribution in [2.45, 2.75) is 175 Å². The number of carboxylic acids is 2. The number of hydrogen-bond donors (Lipinski definition) is 0. The van der Waals surface area contributed by atoms with E-state index >= 15 is 0 Å². The fourth-order valence-corrected chi connectivity index (χ4v) is 3.59. The van der Waals surface area contributed by atoms with Gasteiger partial charge in [-0.05, 0) is 25.7 Å². The van der Waals surface area contributed by atoms with Crippen LogP contribution < -0.4 is 10.2 Å². The minimum Gasteiger partial charge on any atom is -0.550 e. The molecule has 0 saturated carbocycles. The molecule has 0 rings (SSSR count). The minimum atomic E-state index is -0.911. The second-order valence-corrected chi connectivity index (χ2v) is 9.46. The molecule has 0 aromatic carbocycles. The van der Waals surface area contributed by atoms with E-state index in [2.05, 4.69) is 27.7 Å². The number of hydrogen-bond acceptors (Lipinski definition) is 4. The van der Waals surface area contributed by atoms with E-state index in [0.717, 1.165) is 32.1 Å². The average Bonchev–Trinajstić information content (AvgIpc) is 2.81. The van der Waals surface area contributed by atoms with Gasteiger partial charge < -0.3 is 19.8 Å². The number of rotatable bonds is 23. The van der Waals surface area contributed by atoms with Gasteiger partial charge in [-0.15, -0.1) is 0 Å². The van der Waals surface area contributed by atoms with Gasteiger partial charge in [-0.2, -0.15) is 0 Å². The molecule has 0 saturated heterocycles. The first-order valence-corrected chi connectivity index (χ1v) is 14.6. The quantitative estimate of drug-likeness (QED) is 0.0890. The molecule has 0 unspecified atom stereocenters. The third-order valence-electron chi connectivity index (χ3n) is 5.82. The molecule has 0 N–H and O–H groups in total. The monoisotopic (exact) mass is 605 g/mol. The second kappa shape index (κ2) is 40.9.